The van der Waals surface area contributed by atoms with E-state index in [1.165, 1.54) is 0 Å². The zero-order valence-electron chi connectivity index (χ0n) is 10.9. The molecular formula is C13H14F3NO4. The Balaban J connectivity index is 1.84. The molecule has 1 saturated heterocycles. The van der Waals surface area contributed by atoms with E-state index in [9.17, 15) is 23.1 Å². The van der Waals surface area contributed by atoms with Gasteiger partial charge in [-0.05, 0) is 5.56 Å². The molecule has 1 aromatic rings. The Bertz CT molecular complexity index is 480. The molecule has 0 aliphatic carbocycles. The number of β-amino-alcohol motifs (C(OH)–C–C–N with tert-alkyl or cyclic N) is 1. The van der Waals surface area contributed by atoms with E-state index in [2.05, 4.69) is 4.74 Å². The van der Waals surface area contributed by atoms with Gasteiger partial charge in [0.15, 0.2) is 0 Å². The van der Waals surface area contributed by atoms with Crippen molar-refractivity contribution in [3.8, 4) is 0 Å². The van der Waals surface area contributed by atoms with Crippen molar-refractivity contribution in [3.63, 3.8) is 0 Å². The zero-order valence-corrected chi connectivity index (χ0v) is 10.9. The summed E-state index contributed by atoms with van der Waals surface area (Å²) in [6.07, 6.45) is -8.52. The molecule has 2 atom stereocenters. The van der Waals surface area contributed by atoms with Gasteiger partial charge in [-0.15, -0.1) is 13.2 Å². The fourth-order valence-electron chi connectivity index (χ4n) is 2.00. The fourth-order valence-corrected chi connectivity index (χ4v) is 2.00. The standard InChI is InChI=1S/C13H14F3NO4/c14-13(15,16)21-11-7-17(6-10(11)18)12(19)20-8-9-4-2-1-3-5-9/h1-5,10-11,18H,6-8H2/t10-,11-/m1/s1. The number of hydrogen-bond acceptors (Lipinski definition) is 4. The molecule has 1 amide bonds. The number of alkyl halides is 3. The number of aliphatic hydroxyl groups excluding tert-OH is 1. The number of aliphatic hydroxyl groups is 1. The number of halogens is 3. The number of hydrogen-bond donors (Lipinski definition) is 1. The summed E-state index contributed by atoms with van der Waals surface area (Å²) in [7, 11) is 0. The zero-order chi connectivity index (χ0) is 15.5. The van der Waals surface area contributed by atoms with Crippen molar-refractivity contribution in [1.82, 2.24) is 4.90 Å². The number of amides is 1. The molecule has 2 rings (SSSR count). The van der Waals surface area contributed by atoms with Gasteiger partial charge in [-0.2, -0.15) is 0 Å². The Kier molecular flexibility index (Phi) is 4.69. The predicted octanol–water partition coefficient (Wildman–Crippen LogP) is 1.90. The van der Waals surface area contributed by atoms with Gasteiger partial charge in [0.2, 0.25) is 0 Å². The van der Waals surface area contributed by atoms with Gasteiger partial charge in [-0.25, -0.2) is 4.79 Å². The van der Waals surface area contributed by atoms with Crippen LogP contribution in [-0.4, -0.2) is 47.8 Å². The van der Waals surface area contributed by atoms with Crippen LogP contribution in [0, 0.1) is 0 Å². The molecule has 0 unspecified atom stereocenters. The Morgan fingerprint density at radius 2 is 1.95 bits per heavy atom. The summed E-state index contributed by atoms with van der Waals surface area (Å²) in [5.74, 6) is 0. The fraction of sp³-hybridized carbons (Fsp3) is 0.462. The second kappa shape index (κ2) is 6.31. The van der Waals surface area contributed by atoms with Crippen LogP contribution in [0.2, 0.25) is 0 Å². The first-order chi connectivity index (χ1) is 9.85. The molecule has 0 aromatic heterocycles. The summed E-state index contributed by atoms with van der Waals surface area (Å²) in [4.78, 5) is 12.7. The monoisotopic (exact) mass is 305 g/mol. The number of nitrogens with zero attached hydrogens (tertiary/aromatic N) is 1. The van der Waals surface area contributed by atoms with Gasteiger partial charge in [-0.1, -0.05) is 30.3 Å². The van der Waals surface area contributed by atoms with Crippen molar-refractivity contribution in [2.24, 2.45) is 0 Å². The second-order valence-corrected chi connectivity index (χ2v) is 4.61. The summed E-state index contributed by atoms with van der Waals surface area (Å²) >= 11 is 0. The van der Waals surface area contributed by atoms with Gasteiger partial charge in [0.1, 0.15) is 12.7 Å². The van der Waals surface area contributed by atoms with E-state index in [-0.39, 0.29) is 19.7 Å². The van der Waals surface area contributed by atoms with Crippen LogP contribution in [0.5, 0.6) is 0 Å². The van der Waals surface area contributed by atoms with Crippen molar-refractivity contribution in [1.29, 1.82) is 0 Å². The molecule has 116 valence electrons. The van der Waals surface area contributed by atoms with E-state index in [4.69, 9.17) is 4.74 Å². The summed E-state index contributed by atoms with van der Waals surface area (Å²) in [5.41, 5.74) is 0.758. The number of ether oxygens (including phenoxy) is 2. The molecule has 1 aromatic carbocycles. The SMILES string of the molecule is O=C(OCc1ccccc1)N1C[C@@H](O)[C@H](OC(F)(F)F)C1. The minimum absolute atomic E-state index is 0.0110. The lowest BCUT2D eigenvalue weighted by molar-refractivity contribution is -0.346. The third-order valence-corrected chi connectivity index (χ3v) is 2.99. The quantitative estimate of drug-likeness (QED) is 0.926. The van der Waals surface area contributed by atoms with Gasteiger partial charge in [0.25, 0.3) is 0 Å². The van der Waals surface area contributed by atoms with E-state index >= 15 is 0 Å². The summed E-state index contributed by atoms with van der Waals surface area (Å²) in [6.45, 7) is -0.611. The predicted molar refractivity (Wildman–Crippen MR) is 65.1 cm³/mol. The highest BCUT2D eigenvalue weighted by Gasteiger charge is 2.43. The highest BCUT2D eigenvalue weighted by molar-refractivity contribution is 5.68. The van der Waals surface area contributed by atoms with E-state index in [1.807, 2.05) is 0 Å². The van der Waals surface area contributed by atoms with Crippen molar-refractivity contribution in [2.75, 3.05) is 13.1 Å². The molecule has 0 spiro atoms. The van der Waals surface area contributed by atoms with Gasteiger partial charge >= 0.3 is 12.5 Å². The number of likely N-dealkylation sites (tertiary alicyclic amines) is 1. The average Bonchev–Trinajstić information content (AvgIpc) is 2.77. The minimum atomic E-state index is -4.85. The highest BCUT2D eigenvalue weighted by atomic mass is 19.4. The lowest BCUT2D eigenvalue weighted by Gasteiger charge is -2.17. The highest BCUT2D eigenvalue weighted by Crippen LogP contribution is 2.24. The smallest absolute Gasteiger partial charge is 0.445 e. The van der Waals surface area contributed by atoms with Crippen LogP contribution in [0.3, 0.4) is 0 Å². The van der Waals surface area contributed by atoms with Crippen molar-refractivity contribution < 1.29 is 32.5 Å². The molecule has 8 heteroatoms. The Hall–Kier alpha value is -1.80. The first-order valence-corrected chi connectivity index (χ1v) is 6.23. The molecule has 0 bridgehead atoms. The number of benzene rings is 1. The maximum absolute atomic E-state index is 12.1. The van der Waals surface area contributed by atoms with Crippen LogP contribution in [0.15, 0.2) is 30.3 Å². The first-order valence-electron chi connectivity index (χ1n) is 6.23. The molecule has 21 heavy (non-hydrogen) atoms. The molecule has 0 saturated carbocycles. The van der Waals surface area contributed by atoms with Crippen LogP contribution in [0.25, 0.3) is 0 Å². The Labute approximate surface area is 118 Å². The summed E-state index contributed by atoms with van der Waals surface area (Å²) in [5, 5.41) is 9.48. The van der Waals surface area contributed by atoms with Gasteiger partial charge < -0.3 is 14.7 Å². The number of carbonyl (C=O) groups is 1. The van der Waals surface area contributed by atoms with E-state index in [0.717, 1.165) is 10.5 Å². The topological polar surface area (TPSA) is 59.0 Å². The summed E-state index contributed by atoms with van der Waals surface area (Å²) in [6, 6.07) is 8.86. The largest absolute Gasteiger partial charge is 0.522 e. The number of carbonyl (C=O) groups excluding carboxylic acids is 1. The van der Waals surface area contributed by atoms with Crippen molar-refractivity contribution >= 4 is 6.09 Å². The lowest BCUT2D eigenvalue weighted by atomic mass is 10.2. The average molecular weight is 305 g/mol. The molecule has 1 fully saturated rings. The van der Waals surface area contributed by atoms with E-state index in [1.54, 1.807) is 30.3 Å². The maximum atomic E-state index is 12.1. The Morgan fingerprint density at radius 3 is 2.57 bits per heavy atom. The molecule has 1 N–H and O–H groups in total. The van der Waals surface area contributed by atoms with Crippen LogP contribution in [0.4, 0.5) is 18.0 Å². The van der Waals surface area contributed by atoms with Gasteiger partial charge in [0, 0.05) is 0 Å². The van der Waals surface area contributed by atoms with Crippen LogP contribution >= 0.6 is 0 Å². The van der Waals surface area contributed by atoms with Crippen molar-refractivity contribution in [2.45, 2.75) is 25.2 Å². The molecular weight excluding hydrogens is 291 g/mol. The molecule has 1 aliphatic rings. The summed E-state index contributed by atoms with van der Waals surface area (Å²) < 4.78 is 45.1. The molecule has 0 radical (unpaired) electrons. The van der Waals surface area contributed by atoms with E-state index in [0.29, 0.717) is 0 Å². The van der Waals surface area contributed by atoms with Crippen LogP contribution in [-0.2, 0) is 16.1 Å². The second-order valence-electron chi connectivity index (χ2n) is 4.61. The molecule has 1 aliphatic heterocycles. The maximum Gasteiger partial charge on any atom is 0.522 e. The normalized spacial score (nSPS) is 22.4. The van der Waals surface area contributed by atoms with Crippen LogP contribution in [0.1, 0.15) is 5.56 Å². The van der Waals surface area contributed by atoms with Gasteiger partial charge in [-0.3, -0.25) is 4.74 Å². The minimum Gasteiger partial charge on any atom is -0.445 e. The lowest BCUT2D eigenvalue weighted by Crippen LogP contribution is -2.33. The molecule has 5 nitrogen and oxygen atoms in total. The Morgan fingerprint density at radius 1 is 1.29 bits per heavy atom. The van der Waals surface area contributed by atoms with Gasteiger partial charge in [0.05, 0.1) is 19.2 Å². The third-order valence-electron chi connectivity index (χ3n) is 2.99. The first kappa shape index (κ1) is 15.6. The van der Waals surface area contributed by atoms with E-state index < -0.39 is 24.7 Å². The molecule has 1 heterocycles. The van der Waals surface area contributed by atoms with Crippen LogP contribution < -0.4 is 0 Å². The van der Waals surface area contributed by atoms with Crippen molar-refractivity contribution in [3.05, 3.63) is 35.9 Å². The number of rotatable bonds is 3. The third kappa shape index (κ3) is 4.61.